The Bertz CT molecular complexity index is 462. The third-order valence-corrected chi connectivity index (χ3v) is 3.19. The van der Waals surface area contributed by atoms with E-state index >= 15 is 0 Å². The highest BCUT2D eigenvalue weighted by molar-refractivity contribution is 5.81. The first-order chi connectivity index (χ1) is 9.69. The smallest absolute Gasteiger partial charge is 0.239 e. The number of anilines is 1. The Labute approximate surface area is 117 Å². The number of hydrogen-bond donors (Lipinski definition) is 2. The van der Waals surface area contributed by atoms with Crippen LogP contribution in [0.5, 0.6) is 5.75 Å². The van der Waals surface area contributed by atoms with Gasteiger partial charge in [-0.25, -0.2) is 4.39 Å². The summed E-state index contributed by atoms with van der Waals surface area (Å²) in [7, 11) is 1.40. The van der Waals surface area contributed by atoms with Crippen molar-refractivity contribution in [2.75, 3.05) is 32.2 Å². The first-order valence-electron chi connectivity index (χ1n) is 6.63. The average molecular weight is 282 g/mol. The fourth-order valence-corrected chi connectivity index (χ4v) is 2.07. The number of amides is 1. The van der Waals surface area contributed by atoms with Crippen LogP contribution in [0.2, 0.25) is 0 Å². The van der Waals surface area contributed by atoms with Gasteiger partial charge in [-0.3, -0.25) is 4.79 Å². The second-order valence-corrected chi connectivity index (χ2v) is 4.66. The predicted molar refractivity (Wildman–Crippen MR) is 73.4 cm³/mol. The minimum absolute atomic E-state index is 0.0832. The van der Waals surface area contributed by atoms with Crippen LogP contribution in [0.4, 0.5) is 10.1 Å². The number of carbonyl (C=O) groups is 1. The van der Waals surface area contributed by atoms with Crippen LogP contribution in [0.15, 0.2) is 18.2 Å². The quantitative estimate of drug-likeness (QED) is 0.860. The van der Waals surface area contributed by atoms with E-state index in [-0.39, 0.29) is 24.2 Å². The van der Waals surface area contributed by atoms with Gasteiger partial charge >= 0.3 is 0 Å². The number of ether oxygens (including phenoxy) is 2. The highest BCUT2D eigenvalue weighted by atomic mass is 19.1. The highest BCUT2D eigenvalue weighted by Gasteiger charge is 2.15. The van der Waals surface area contributed by atoms with Crippen LogP contribution >= 0.6 is 0 Å². The van der Waals surface area contributed by atoms with E-state index in [2.05, 4.69) is 10.6 Å². The van der Waals surface area contributed by atoms with Crippen molar-refractivity contribution in [3.05, 3.63) is 24.0 Å². The Morgan fingerprint density at radius 2 is 2.20 bits per heavy atom. The van der Waals surface area contributed by atoms with Crippen LogP contribution in [0, 0.1) is 5.82 Å². The maximum atomic E-state index is 13.2. The first kappa shape index (κ1) is 14.6. The molecular formula is C14H19FN2O3. The summed E-state index contributed by atoms with van der Waals surface area (Å²) in [6, 6.07) is 4.58. The van der Waals surface area contributed by atoms with Gasteiger partial charge < -0.3 is 20.1 Å². The van der Waals surface area contributed by atoms with Gasteiger partial charge in [-0.2, -0.15) is 0 Å². The van der Waals surface area contributed by atoms with Gasteiger partial charge in [0.05, 0.1) is 13.7 Å². The van der Waals surface area contributed by atoms with E-state index in [0.717, 1.165) is 12.8 Å². The van der Waals surface area contributed by atoms with Crippen LogP contribution in [0.3, 0.4) is 0 Å². The van der Waals surface area contributed by atoms with Crippen molar-refractivity contribution in [1.29, 1.82) is 0 Å². The molecule has 1 aromatic carbocycles. The Hall–Kier alpha value is -1.82. The molecule has 0 bridgehead atoms. The van der Waals surface area contributed by atoms with Crippen molar-refractivity contribution < 1.29 is 18.7 Å². The molecule has 1 fully saturated rings. The number of benzene rings is 1. The molecule has 0 unspecified atom stereocenters. The molecule has 6 heteroatoms. The van der Waals surface area contributed by atoms with Crippen molar-refractivity contribution in [2.24, 2.45) is 0 Å². The van der Waals surface area contributed by atoms with Crippen molar-refractivity contribution in [3.63, 3.8) is 0 Å². The zero-order valence-corrected chi connectivity index (χ0v) is 11.4. The SMILES string of the molecule is COc1cc(NCC(=O)NC2CCOCC2)ccc1F. The van der Waals surface area contributed by atoms with Gasteiger partial charge in [0.25, 0.3) is 0 Å². The average Bonchev–Trinajstić information content (AvgIpc) is 2.47. The summed E-state index contributed by atoms with van der Waals surface area (Å²) in [5.41, 5.74) is 0.644. The number of halogens is 1. The summed E-state index contributed by atoms with van der Waals surface area (Å²) in [5.74, 6) is -0.357. The Morgan fingerprint density at radius 1 is 1.45 bits per heavy atom. The molecule has 110 valence electrons. The van der Waals surface area contributed by atoms with E-state index in [9.17, 15) is 9.18 Å². The molecule has 1 aliphatic heterocycles. The van der Waals surface area contributed by atoms with E-state index in [4.69, 9.17) is 9.47 Å². The van der Waals surface area contributed by atoms with Gasteiger partial charge in [0.15, 0.2) is 11.6 Å². The zero-order chi connectivity index (χ0) is 14.4. The number of hydrogen-bond acceptors (Lipinski definition) is 4. The number of nitrogens with one attached hydrogen (secondary N) is 2. The fourth-order valence-electron chi connectivity index (χ4n) is 2.07. The molecule has 20 heavy (non-hydrogen) atoms. The molecule has 0 radical (unpaired) electrons. The van der Waals surface area contributed by atoms with Crippen LogP contribution in [0.1, 0.15) is 12.8 Å². The van der Waals surface area contributed by atoms with E-state index in [1.165, 1.54) is 19.2 Å². The van der Waals surface area contributed by atoms with Gasteiger partial charge in [0.2, 0.25) is 5.91 Å². The van der Waals surface area contributed by atoms with Crippen LogP contribution in [-0.4, -0.2) is 38.8 Å². The van der Waals surface area contributed by atoms with Gasteiger partial charge in [0, 0.05) is 31.0 Å². The molecule has 0 saturated carbocycles. The van der Waals surface area contributed by atoms with E-state index < -0.39 is 5.82 Å². The summed E-state index contributed by atoms with van der Waals surface area (Å²) in [6.07, 6.45) is 1.69. The van der Waals surface area contributed by atoms with E-state index in [0.29, 0.717) is 18.9 Å². The lowest BCUT2D eigenvalue weighted by Gasteiger charge is -2.23. The molecule has 2 N–H and O–H groups in total. The van der Waals surface area contributed by atoms with E-state index in [1.807, 2.05) is 0 Å². The summed E-state index contributed by atoms with van der Waals surface area (Å²) in [5, 5.41) is 5.89. The largest absolute Gasteiger partial charge is 0.494 e. The maximum absolute atomic E-state index is 13.2. The monoisotopic (exact) mass is 282 g/mol. The lowest BCUT2D eigenvalue weighted by molar-refractivity contribution is -0.120. The fraction of sp³-hybridized carbons (Fsp3) is 0.500. The van der Waals surface area contributed by atoms with Crippen molar-refractivity contribution in [1.82, 2.24) is 5.32 Å². The lowest BCUT2D eigenvalue weighted by atomic mass is 10.1. The summed E-state index contributed by atoms with van der Waals surface area (Å²) >= 11 is 0. The second-order valence-electron chi connectivity index (χ2n) is 4.66. The number of methoxy groups -OCH3 is 1. The zero-order valence-electron chi connectivity index (χ0n) is 11.4. The van der Waals surface area contributed by atoms with Crippen molar-refractivity contribution in [2.45, 2.75) is 18.9 Å². The first-order valence-corrected chi connectivity index (χ1v) is 6.63. The number of rotatable bonds is 5. The van der Waals surface area contributed by atoms with Crippen LogP contribution in [-0.2, 0) is 9.53 Å². The van der Waals surface area contributed by atoms with Gasteiger partial charge in [-0.05, 0) is 25.0 Å². The molecule has 1 amide bonds. The van der Waals surface area contributed by atoms with Crippen molar-refractivity contribution in [3.8, 4) is 5.75 Å². The third kappa shape index (κ3) is 4.09. The van der Waals surface area contributed by atoms with Crippen molar-refractivity contribution >= 4 is 11.6 Å². The van der Waals surface area contributed by atoms with Gasteiger partial charge in [-0.15, -0.1) is 0 Å². The minimum Gasteiger partial charge on any atom is -0.494 e. The Balaban J connectivity index is 1.80. The normalized spacial score (nSPS) is 15.7. The highest BCUT2D eigenvalue weighted by Crippen LogP contribution is 2.21. The molecule has 0 aromatic heterocycles. The maximum Gasteiger partial charge on any atom is 0.239 e. The standard InChI is InChI=1S/C14H19FN2O3/c1-19-13-8-11(2-3-12(13)15)16-9-14(18)17-10-4-6-20-7-5-10/h2-3,8,10,16H,4-7,9H2,1H3,(H,17,18). The molecule has 5 nitrogen and oxygen atoms in total. The number of carbonyl (C=O) groups excluding carboxylic acids is 1. The third-order valence-electron chi connectivity index (χ3n) is 3.19. The van der Waals surface area contributed by atoms with Crippen LogP contribution in [0.25, 0.3) is 0 Å². The molecule has 0 spiro atoms. The second kappa shape index (κ2) is 7.09. The summed E-state index contributed by atoms with van der Waals surface area (Å²) < 4.78 is 23.3. The van der Waals surface area contributed by atoms with Gasteiger partial charge in [-0.1, -0.05) is 0 Å². The van der Waals surface area contributed by atoms with Gasteiger partial charge in [0.1, 0.15) is 0 Å². The molecular weight excluding hydrogens is 263 g/mol. The van der Waals surface area contributed by atoms with Crippen LogP contribution < -0.4 is 15.4 Å². The summed E-state index contributed by atoms with van der Waals surface area (Å²) in [6.45, 7) is 1.52. The molecule has 1 aromatic rings. The molecule has 0 atom stereocenters. The summed E-state index contributed by atoms with van der Waals surface area (Å²) in [4.78, 5) is 11.8. The van der Waals surface area contributed by atoms with E-state index in [1.54, 1.807) is 6.07 Å². The minimum atomic E-state index is -0.426. The molecule has 1 saturated heterocycles. The predicted octanol–water partition coefficient (Wildman–Crippen LogP) is 1.54. The topological polar surface area (TPSA) is 59.6 Å². The molecule has 1 aliphatic rings. The molecule has 0 aliphatic carbocycles. The Morgan fingerprint density at radius 3 is 2.90 bits per heavy atom. The molecule has 1 heterocycles. The lowest BCUT2D eigenvalue weighted by Crippen LogP contribution is -2.41. The Kier molecular flexibility index (Phi) is 5.17. The molecule has 2 rings (SSSR count).